The Morgan fingerprint density at radius 3 is 2.24 bits per heavy atom. The summed E-state index contributed by atoms with van der Waals surface area (Å²) in [6, 6.07) is 16.9. The predicted molar refractivity (Wildman–Crippen MR) is 116 cm³/mol. The minimum atomic E-state index is -0.591. The highest BCUT2D eigenvalue weighted by molar-refractivity contribution is 5.88. The Morgan fingerprint density at radius 1 is 1.03 bits per heavy atom. The molecule has 156 valence electrons. The molecule has 0 aliphatic carbocycles. The summed E-state index contributed by atoms with van der Waals surface area (Å²) in [5.41, 5.74) is 1.88. The molecule has 5 heteroatoms. The maximum absolute atomic E-state index is 12.9. The van der Waals surface area contributed by atoms with Crippen LogP contribution in [0.25, 0.3) is 0 Å². The monoisotopic (exact) mass is 396 g/mol. The first-order chi connectivity index (χ1) is 13.7. The molecule has 0 radical (unpaired) electrons. The Labute approximate surface area is 174 Å². The highest BCUT2D eigenvalue weighted by Gasteiger charge is 2.28. The number of hydrogen-bond donors (Lipinski definition) is 1. The lowest BCUT2D eigenvalue weighted by atomic mass is 10.1. The first kappa shape index (κ1) is 22.5. The third-order valence-corrected chi connectivity index (χ3v) is 4.53. The molecule has 0 unspecified atom stereocenters. The maximum Gasteiger partial charge on any atom is 0.261 e. The molecule has 0 spiro atoms. The Kier molecular flexibility index (Phi) is 7.82. The van der Waals surface area contributed by atoms with Crippen LogP contribution in [0, 0.1) is 6.92 Å². The standard InChI is InChI=1S/C24H32N2O3/c1-18-11-13-21(14-12-18)29-17-22(27)26(16-15-20-9-7-6-8-10-20)19(2)23(28)25-24(3,4)5/h6-14,19H,15-17H2,1-5H3,(H,25,28)/t19-/m0/s1. The fraction of sp³-hybridized carbons (Fsp3) is 0.417. The molecule has 5 nitrogen and oxygen atoms in total. The highest BCUT2D eigenvalue weighted by atomic mass is 16.5. The molecule has 0 aliphatic heterocycles. The van der Waals surface area contributed by atoms with E-state index in [2.05, 4.69) is 5.32 Å². The van der Waals surface area contributed by atoms with Gasteiger partial charge in [-0.3, -0.25) is 9.59 Å². The van der Waals surface area contributed by atoms with E-state index in [0.717, 1.165) is 11.1 Å². The van der Waals surface area contributed by atoms with Gasteiger partial charge in [0.25, 0.3) is 5.91 Å². The first-order valence-corrected chi connectivity index (χ1v) is 10.0. The van der Waals surface area contributed by atoms with Crippen LogP contribution in [0.2, 0.25) is 0 Å². The van der Waals surface area contributed by atoms with Crippen molar-refractivity contribution in [3.05, 3.63) is 65.7 Å². The summed E-state index contributed by atoms with van der Waals surface area (Å²) in [6.07, 6.45) is 0.671. The zero-order chi connectivity index (χ0) is 21.4. The van der Waals surface area contributed by atoms with Crippen LogP contribution in [0.1, 0.15) is 38.8 Å². The van der Waals surface area contributed by atoms with E-state index in [9.17, 15) is 9.59 Å². The van der Waals surface area contributed by atoms with Crippen molar-refractivity contribution < 1.29 is 14.3 Å². The topological polar surface area (TPSA) is 58.6 Å². The molecular weight excluding hydrogens is 364 g/mol. The van der Waals surface area contributed by atoms with E-state index >= 15 is 0 Å². The Balaban J connectivity index is 2.07. The zero-order valence-electron chi connectivity index (χ0n) is 18.1. The average Bonchev–Trinajstić information content (AvgIpc) is 2.67. The second-order valence-electron chi connectivity index (χ2n) is 8.34. The summed E-state index contributed by atoms with van der Waals surface area (Å²) in [5, 5.41) is 2.96. The van der Waals surface area contributed by atoms with Gasteiger partial charge in [-0.05, 0) is 58.7 Å². The largest absolute Gasteiger partial charge is 0.484 e. The lowest BCUT2D eigenvalue weighted by Gasteiger charge is -2.31. The molecule has 0 bridgehead atoms. The van der Waals surface area contributed by atoms with Gasteiger partial charge in [-0.2, -0.15) is 0 Å². The van der Waals surface area contributed by atoms with Crippen molar-refractivity contribution >= 4 is 11.8 Å². The third-order valence-electron chi connectivity index (χ3n) is 4.53. The van der Waals surface area contributed by atoms with Gasteiger partial charge in [-0.15, -0.1) is 0 Å². The van der Waals surface area contributed by atoms with E-state index < -0.39 is 6.04 Å². The fourth-order valence-corrected chi connectivity index (χ4v) is 2.91. The summed E-state index contributed by atoms with van der Waals surface area (Å²) in [4.78, 5) is 27.2. The lowest BCUT2D eigenvalue weighted by molar-refractivity contribution is -0.142. The summed E-state index contributed by atoms with van der Waals surface area (Å²) in [7, 11) is 0. The van der Waals surface area contributed by atoms with E-state index in [-0.39, 0.29) is 24.0 Å². The molecule has 0 aliphatic rings. The van der Waals surface area contributed by atoms with Gasteiger partial charge in [0, 0.05) is 12.1 Å². The normalized spacial score (nSPS) is 12.2. The first-order valence-electron chi connectivity index (χ1n) is 10.0. The minimum absolute atomic E-state index is 0.106. The van der Waals surface area contributed by atoms with Gasteiger partial charge >= 0.3 is 0 Å². The SMILES string of the molecule is Cc1ccc(OCC(=O)N(CCc2ccccc2)[C@@H](C)C(=O)NC(C)(C)C)cc1. The van der Waals surface area contributed by atoms with Crippen LogP contribution in [-0.2, 0) is 16.0 Å². The van der Waals surface area contributed by atoms with Crippen molar-refractivity contribution in [3.63, 3.8) is 0 Å². The van der Waals surface area contributed by atoms with E-state index in [1.165, 1.54) is 0 Å². The van der Waals surface area contributed by atoms with Crippen molar-refractivity contribution in [3.8, 4) is 5.75 Å². The molecule has 0 saturated heterocycles. The molecule has 1 atom stereocenters. The maximum atomic E-state index is 12.9. The Hall–Kier alpha value is -2.82. The van der Waals surface area contributed by atoms with Gasteiger partial charge in [-0.1, -0.05) is 48.0 Å². The van der Waals surface area contributed by atoms with E-state index in [0.29, 0.717) is 18.7 Å². The van der Waals surface area contributed by atoms with Crippen molar-refractivity contribution in [1.82, 2.24) is 10.2 Å². The number of aryl methyl sites for hydroxylation is 1. The molecule has 2 amide bonds. The quantitative estimate of drug-likeness (QED) is 0.739. The number of ether oxygens (including phenoxy) is 1. The fourth-order valence-electron chi connectivity index (χ4n) is 2.91. The van der Waals surface area contributed by atoms with Crippen LogP contribution in [0.5, 0.6) is 5.75 Å². The number of amides is 2. The van der Waals surface area contributed by atoms with Crippen LogP contribution in [0.4, 0.5) is 0 Å². The van der Waals surface area contributed by atoms with Crippen LogP contribution in [0.3, 0.4) is 0 Å². The van der Waals surface area contributed by atoms with Crippen molar-refractivity contribution in [2.24, 2.45) is 0 Å². The summed E-state index contributed by atoms with van der Waals surface area (Å²) in [6.45, 7) is 9.87. The third kappa shape index (κ3) is 7.60. The smallest absolute Gasteiger partial charge is 0.261 e. The van der Waals surface area contributed by atoms with Gasteiger partial charge in [0.1, 0.15) is 11.8 Å². The zero-order valence-corrected chi connectivity index (χ0v) is 18.1. The van der Waals surface area contributed by atoms with Gasteiger partial charge < -0.3 is 15.0 Å². The number of hydrogen-bond acceptors (Lipinski definition) is 3. The Bertz CT molecular complexity index is 795. The number of benzene rings is 2. The van der Waals surface area contributed by atoms with Crippen molar-refractivity contribution in [1.29, 1.82) is 0 Å². The molecule has 2 aromatic rings. The van der Waals surface area contributed by atoms with Crippen LogP contribution < -0.4 is 10.1 Å². The second kappa shape index (κ2) is 10.1. The Morgan fingerprint density at radius 2 is 1.66 bits per heavy atom. The van der Waals surface area contributed by atoms with Gasteiger partial charge in [-0.25, -0.2) is 0 Å². The minimum Gasteiger partial charge on any atom is -0.484 e. The number of nitrogens with zero attached hydrogens (tertiary/aromatic N) is 1. The summed E-state index contributed by atoms with van der Waals surface area (Å²) >= 11 is 0. The highest BCUT2D eigenvalue weighted by Crippen LogP contribution is 2.13. The van der Waals surface area contributed by atoms with Gasteiger partial charge in [0.05, 0.1) is 0 Å². The average molecular weight is 397 g/mol. The molecule has 0 aromatic heterocycles. The molecule has 1 N–H and O–H groups in total. The molecule has 2 rings (SSSR count). The van der Waals surface area contributed by atoms with Crippen LogP contribution >= 0.6 is 0 Å². The van der Waals surface area contributed by atoms with Crippen molar-refractivity contribution in [2.45, 2.75) is 52.6 Å². The van der Waals surface area contributed by atoms with Crippen LogP contribution in [0.15, 0.2) is 54.6 Å². The molecule has 0 heterocycles. The molecule has 29 heavy (non-hydrogen) atoms. The van der Waals surface area contributed by atoms with Crippen LogP contribution in [-0.4, -0.2) is 41.4 Å². The van der Waals surface area contributed by atoms with E-state index in [4.69, 9.17) is 4.74 Å². The summed E-state index contributed by atoms with van der Waals surface area (Å²) < 4.78 is 5.66. The molecule has 2 aromatic carbocycles. The number of rotatable bonds is 8. The predicted octanol–water partition coefficient (Wildman–Crippen LogP) is 3.75. The molecule has 0 saturated carbocycles. The number of carbonyl (C=O) groups is 2. The van der Waals surface area contributed by atoms with E-state index in [1.54, 1.807) is 11.8 Å². The number of nitrogens with one attached hydrogen (secondary N) is 1. The molecule has 0 fully saturated rings. The van der Waals surface area contributed by atoms with Gasteiger partial charge in [0.2, 0.25) is 5.91 Å². The lowest BCUT2D eigenvalue weighted by Crippen LogP contribution is -2.53. The summed E-state index contributed by atoms with van der Waals surface area (Å²) in [5.74, 6) is 0.256. The second-order valence-corrected chi connectivity index (χ2v) is 8.34. The van der Waals surface area contributed by atoms with Gasteiger partial charge in [0.15, 0.2) is 6.61 Å². The van der Waals surface area contributed by atoms with E-state index in [1.807, 2.05) is 82.3 Å². The van der Waals surface area contributed by atoms with Crippen molar-refractivity contribution in [2.75, 3.05) is 13.2 Å². The number of carbonyl (C=O) groups excluding carboxylic acids is 2. The molecular formula is C24H32N2O3.